The van der Waals surface area contributed by atoms with Crippen LogP contribution >= 0.6 is 15.9 Å². The number of hydrogen-bond donors (Lipinski definition) is 1. The van der Waals surface area contributed by atoms with Crippen LogP contribution in [0.5, 0.6) is 0 Å². The number of benzene rings is 1. The fraction of sp³-hybridized carbons (Fsp3) is 0.417. The minimum Gasteiger partial charge on any atom is -0.322 e. The van der Waals surface area contributed by atoms with Gasteiger partial charge in [-0.05, 0) is 22.0 Å². The van der Waals surface area contributed by atoms with Gasteiger partial charge in [0.05, 0.1) is 10.6 Å². The van der Waals surface area contributed by atoms with E-state index >= 15 is 0 Å². The fourth-order valence-electron chi connectivity index (χ4n) is 1.77. The number of non-ortho nitro benzene ring substituents is 1. The Labute approximate surface area is 160 Å². The highest BCUT2D eigenvalue weighted by Crippen LogP contribution is 2.57. The molecule has 1 aromatic rings. The molecular weight excluding hydrogens is 509 g/mol. The van der Waals surface area contributed by atoms with Crippen LogP contribution in [0.25, 0.3) is 0 Å². The third-order valence-electron chi connectivity index (χ3n) is 3.30. The maximum atomic E-state index is 14.1. The Morgan fingerprint density at radius 2 is 1.38 bits per heavy atom. The lowest BCUT2D eigenvalue weighted by Crippen LogP contribution is -2.71. The average Bonchev–Trinajstić information content (AvgIpc) is 2.52. The lowest BCUT2D eigenvalue weighted by molar-refractivity contribution is -0.401. The van der Waals surface area contributed by atoms with Crippen molar-refractivity contribution in [3.63, 3.8) is 0 Å². The molecule has 1 aromatic carbocycles. The van der Waals surface area contributed by atoms with E-state index in [1.54, 1.807) is 0 Å². The van der Waals surface area contributed by atoms with Crippen molar-refractivity contribution < 1.29 is 58.0 Å². The Balaban J connectivity index is 3.53. The summed E-state index contributed by atoms with van der Waals surface area (Å²) in [6, 6.07) is 1.36. The van der Waals surface area contributed by atoms with Gasteiger partial charge in [0.25, 0.3) is 11.6 Å². The molecule has 0 aliphatic rings. The third kappa shape index (κ3) is 3.95. The molecule has 29 heavy (non-hydrogen) atoms. The average molecular weight is 513 g/mol. The minimum absolute atomic E-state index is 0.386. The Kier molecular flexibility index (Phi) is 6.20. The first-order valence-corrected chi connectivity index (χ1v) is 7.34. The third-order valence-corrected chi connectivity index (χ3v) is 3.95. The van der Waals surface area contributed by atoms with Gasteiger partial charge in [0, 0.05) is 16.6 Å². The molecule has 0 bridgehead atoms. The van der Waals surface area contributed by atoms with Crippen LogP contribution in [-0.2, 0) is 4.79 Å². The first kappa shape index (κ1) is 24.8. The maximum absolute atomic E-state index is 14.1. The highest BCUT2D eigenvalue weighted by molar-refractivity contribution is 9.10. The number of anilines is 1. The van der Waals surface area contributed by atoms with E-state index in [2.05, 4.69) is 15.9 Å². The second-order valence-corrected chi connectivity index (χ2v) is 6.03. The monoisotopic (exact) mass is 512 g/mol. The van der Waals surface area contributed by atoms with E-state index in [1.807, 2.05) is 0 Å². The molecule has 0 heterocycles. The molecule has 164 valence electrons. The predicted octanol–water partition coefficient (Wildman–Crippen LogP) is 5.40. The largest absolute Gasteiger partial charge is 0.460 e. The van der Waals surface area contributed by atoms with E-state index in [0.29, 0.717) is 18.2 Å². The topological polar surface area (TPSA) is 72.2 Å². The molecule has 1 amide bonds. The summed E-state index contributed by atoms with van der Waals surface area (Å²) in [5.74, 6) is -18.9. The van der Waals surface area contributed by atoms with Gasteiger partial charge in [-0.25, -0.2) is 4.39 Å². The number of halogens is 12. The minimum atomic E-state index is -7.63. The Morgan fingerprint density at radius 3 is 1.72 bits per heavy atom. The van der Waals surface area contributed by atoms with E-state index in [4.69, 9.17) is 0 Å². The van der Waals surface area contributed by atoms with Crippen molar-refractivity contribution in [1.29, 1.82) is 0 Å². The Hall–Kier alpha value is -2.20. The van der Waals surface area contributed by atoms with Gasteiger partial charge in [-0.15, -0.1) is 0 Å². The summed E-state index contributed by atoms with van der Waals surface area (Å²) in [4.78, 5) is 21.0. The van der Waals surface area contributed by atoms with E-state index in [0.717, 1.165) is 5.32 Å². The van der Waals surface area contributed by atoms with Crippen LogP contribution in [0.3, 0.4) is 0 Å². The fourth-order valence-corrected chi connectivity index (χ4v) is 2.24. The number of carbonyl (C=O) groups excluding carboxylic acids is 1. The summed E-state index contributed by atoms with van der Waals surface area (Å²) >= 11 is 2.44. The molecule has 1 unspecified atom stereocenters. The highest BCUT2D eigenvalue weighted by atomic mass is 79.9. The van der Waals surface area contributed by atoms with Crippen molar-refractivity contribution >= 4 is 33.2 Å². The molecule has 0 saturated heterocycles. The summed E-state index contributed by atoms with van der Waals surface area (Å²) < 4.78 is 141. The molecule has 5 nitrogen and oxygen atoms in total. The smallest absolute Gasteiger partial charge is 0.322 e. The van der Waals surface area contributed by atoms with Gasteiger partial charge in [-0.3, -0.25) is 14.9 Å². The lowest BCUT2D eigenvalue weighted by atomic mass is 9.90. The normalized spacial score (nSPS) is 15.6. The SMILES string of the molecule is O=C(Nc1ccc([N+](=O)[O-])cc1Br)C(F)(C(F)(F)F)C(F)(F)C(F)(F)C(F)(F)F. The second-order valence-electron chi connectivity index (χ2n) is 5.18. The van der Waals surface area contributed by atoms with Gasteiger partial charge in [-0.2, -0.15) is 43.9 Å². The van der Waals surface area contributed by atoms with Gasteiger partial charge >= 0.3 is 29.9 Å². The summed E-state index contributed by atoms with van der Waals surface area (Å²) in [5.41, 5.74) is -8.87. The van der Waals surface area contributed by atoms with Gasteiger partial charge in [0.15, 0.2) is 0 Å². The Bertz CT molecular complexity index is 824. The van der Waals surface area contributed by atoms with E-state index in [-0.39, 0.29) is 0 Å². The second kappa shape index (κ2) is 7.24. The van der Waals surface area contributed by atoms with Crippen LogP contribution in [0.15, 0.2) is 22.7 Å². The maximum Gasteiger partial charge on any atom is 0.460 e. The molecule has 0 fully saturated rings. The van der Waals surface area contributed by atoms with Crippen molar-refractivity contribution in [2.75, 3.05) is 5.32 Å². The summed E-state index contributed by atoms with van der Waals surface area (Å²) in [6.07, 6.45) is -14.6. The van der Waals surface area contributed by atoms with Crippen LogP contribution in [0.4, 0.5) is 59.7 Å². The van der Waals surface area contributed by atoms with Crippen molar-refractivity contribution in [3.8, 4) is 0 Å². The van der Waals surface area contributed by atoms with Crippen molar-refractivity contribution in [3.05, 3.63) is 32.8 Å². The van der Waals surface area contributed by atoms with E-state index in [9.17, 15) is 63.2 Å². The molecule has 17 heteroatoms. The van der Waals surface area contributed by atoms with Crippen molar-refractivity contribution in [1.82, 2.24) is 0 Å². The number of nitrogens with one attached hydrogen (secondary N) is 1. The number of nitro groups is 1. The molecule has 0 aromatic heterocycles. The van der Waals surface area contributed by atoms with Crippen LogP contribution in [0, 0.1) is 10.1 Å². The molecule has 0 saturated carbocycles. The quantitative estimate of drug-likeness (QED) is 0.326. The van der Waals surface area contributed by atoms with Crippen LogP contribution < -0.4 is 5.32 Å². The first-order valence-electron chi connectivity index (χ1n) is 6.55. The summed E-state index contributed by atoms with van der Waals surface area (Å²) in [5, 5.41) is 11.3. The number of rotatable bonds is 5. The van der Waals surface area contributed by atoms with Gasteiger partial charge in [0.1, 0.15) is 0 Å². The number of amides is 1. The predicted molar refractivity (Wildman–Crippen MR) is 75.3 cm³/mol. The van der Waals surface area contributed by atoms with Crippen LogP contribution in [0.1, 0.15) is 0 Å². The zero-order chi connectivity index (χ0) is 23.2. The Morgan fingerprint density at radius 1 is 0.897 bits per heavy atom. The van der Waals surface area contributed by atoms with Gasteiger partial charge < -0.3 is 5.32 Å². The zero-order valence-electron chi connectivity index (χ0n) is 12.9. The zero-order valence-corrected chi connectivity index (χ0v) is 14.5. The van der Waals surface area contributed by atoms with Gasteiger partial charge in [-0.1, -0.05) is 0 Å². The molecule has 1 rings (SSSR count). The highest BCUT2D eigenvalue weighted by Gasteiger charge is 2.89. The molecule has 1 N–H and O–H groups in total. The molecule has 0 aliphatic heterocycles. The molecule has 0 radical (unpaired) electrons. The van der Waals surface area contributed by atoms with Crippen LogP contribution in [0.2, 0.25) is 0 Å². The number of hydrogen-bond acceptors (Lipinski definition) is 3. The summed E-state index contributed by atoms with van der Waals surface area (Å²) in [7, 11) is 0. The van der Waals surface area contributed by atoms with Gasteiger partial charge in [0.2, 0.25) is 0 Å². The van der Waals surface area contributed by atoms with Crippen molar-refractivity contribution in [2.45, 2.75) is 29.9 Å². The number of carbonyl (C=O) groups is 1. The molecule has 0 spiro atoms. The summed E-state index contributed by atoms with van der Waals surface area (Å²) in [6.45, 7) is 0. The number of nitro benzene ring substituents is 1. The number of nitrogens with zero attached hydrogens (tertiary/aromatic N) is 1. The van der Waals surface area contributed by atoms with Crippen molar-refractivity contribution in [2.24, 2.45) is 0 Å². The lowest BCUT2D eigenvalue weighted by Gasteiger charge is -2.38. The van der Waals surface area contributed by atoms with Crippen LogP contribution in [-0.4, -0.2) is 40.7 Å². The van der Waals surface area contributed by atoms with E-state index < -0.39 is 56.5 Å². The number of alkyl halides is 11. The molecule has 1 atom stereocenters. The first-order chi connectivity index (χ1) is 12.7. The standard InChI is InChI=1S/C12H4BrF11N2O3/c13-5-3-4(26(28)29)1-2-6(5)25-7(27)8(14,11(19,20)21)9(15,16)10(17,18)12(22,23)24/h1-3H,(H,25,27). The van der Waals surface area contributed by atoms with E-state index in [1.165, 1.54) is 0 Å². The molecular formula is C12H4BrF11N2O3. The molecule has 0 aliphatic carbocycles.